The Hall–Kier alpha value is -3.67. The molecule has 0 atom stereocenters. The molecule has 3 heterocycles. The number of nitrogens with zero attached hydrogens (tertiary/aromatic N) is 2. The molecule has 1 N–H and O–H groups in total. The number of hydrogen-bond acceptors (Lipinski definition) is 5. The fourth-order valence-electron chi connectivity index (χ4n) is 2.73. The average Bonchev–Trinajstić information content (AvgIpc) is 3.35. The molecule has 26 heavy (non-hydrogen) atoms. The summed E-state index contributed by atoms with van der Waals surface area (Å²) >= 11 is 0. The van der Waals surface area contributed by atoms with Crippen molar-refractivity contribution >= 4 is 17.0 Å². The standard InChI is InChI=1S/C20H15N3O3/c1-2-10-21-19(24)14-12-15(16-9-6-11-25-16)22-20-17(14)18(23-26-20)13-7-4-3-5-8-13/h2-9,11-12H,1,10H2,(H,21,24). The SMILES string of the molecule is C=CCNC(=O)c1cc(-c2ccco2)nc2onc(-c3ccccc3)c12. The van der Waals surface area contributed by atoms with Gasteiger partial charge in [0.25, 0.3) is 11.6 Å². The van der Waals surface area contributed by atoms with E-state index in [2.05, 4.69) is 22.0 Å². The first-order valence-electron chi connectivity index (χ1n) is 8.06. The Morgan fingerprint density at radius 1 is 1.19 bits per heavy atom. The molecule has 0 aliphatic heterocycles. The van der Waals surface area contributed by atoms with E-state index in [9.17, 15) is 4.79 Å². The normalized spacial score (nSPS) is 10.8. The smallest absolute Gasteiger partial charge is 0.259 e. The zero-order valence-electron chi connectivity index (χ0n) is 13.8. The van der Waals surface area contributed by atoms with Gasteiger partial charge in [-0.2, -0.15) is 0 Å². The van der Waals surface area contributed by atoms with Crippen molar-refractivity contribution in [3.05, 3.63) is 73.0 Å². The lowest BCUT2D eigenvalue weighted by Gasteiger charge is -2.06. The molecular weight excluding hydrogens is 330 g/mol. The van der Waals surface area contributed by atoms with Crippen LogP contribution in [0.5, 0.6) is 0 Å². The molecule has 0 saturated carbocycles. The highest BCUT2D eigenvalue weighted by atomic mass is 16.5. The molecule has 1 amide bonds. The highest BCUT2D eigenvalue weighted by Crippen LogP contribution is 2.32. The number of nitrogens with one attached hydrogen (secondary N) is 1. The van der Waals surface area contributed by atoms with E-state index in [0.29, 0.717) is 34.6 Å². The second kappa shape index (κ2) is 6.68. The Labute approximate surface area is 149 Å². The Morgan fingerprint density at radius 2 is 2.04 bits per heavy atom. The van der Waals surface area contributed by atoms with Crippen molar-refractivity contribution in [2.24, 2.45) is 0 Å². The van der Waals surface area contributed by atoms with Gasteiger partial charge < -0.3 is 14.3 Å². The third-order valence-corrected chi connectivity index (χ3v) is 3.92. The monoisotopic (exact) mass is 345 g/mol. The van der Waals surface area contributed by atoms with Gasteiger partial charge in [-0.15, -0.1) is 6.58 Å². The summed E-state index contributed by atoms with van der Waals surface area (Å²) in [4.78, 5) is 17.2. The Kier molecular flexibility index (Phi) is 4.07. The molecule has 1 aromatic carbocycles. The molecular formula is C20H15N3O3. The predicted molar refractivity (Wildman–Crippen MR) is 97.5 cm³/mol. The van der Waals surface area contributed by atoms with Crippen LogP contribution in [0, 0.1) is 0 Å². The Morgan fingerprint density at radius 3 is 2.77 bits per heavy atom. The van der Waals surface area contributed by atoms with E-state index in [1.807, 2.05) is 30.3 Å². The summed E-state index contributed by atoms with van der Waals surface area (Å²) in [5, 5.41) is 7.50. The number of carbonyl (C=O) groups excluding carboxylic acids is 1. The van der Waals surface area contributed by atoms with Gasteiger partial charge in [-0.25, -0.2) is 4.98 Å². The molecule has 3 aromatic heterocycles. The van der Waals surface area contributed by atoms with Crippen molar-refractivity contribution in [1.29, 1.82) is 0 Å². The van der Waals surface area contributed by atoms with Crippen molar-refractivity contribution in [3.63, 3.8) is 0 Å². The average molecular weight is 345 g/mol. The summed E-state index contributed by atoms with van der Waals surface area (Å²) in [6, 6.07) is 14.7. The first-order valence-corrected chi connectivity index (χ1v) is 8.06. The van der Waals surface area contributed by atoms with Gasteiger partial charge in [-0.05, 0) is 18.2 Å². The van der Waals surface area contributed by atoms with Crippen LogP contribution in [0.2, 0.25) is 0 Å². The van der Waals surface area contributed by atoms with Crippen molar-refractivity contribution in [3.8, 4) is 22.7 Å². The maximum atomic E-state index is 12.7. The second-order valence-corrected chi connectivity index (χ2v) is 5.61. The van der Waals surface area contributed by atoms with E-state index in [1.54, 1.807) is 30.5 Å². The lowest BCUT2D eigenvalue weighted by Crippen LogP contribution is -2.23. The van der Waals surface area contributed by atoms with Crippen LogP contribution in [-0.4, -0.2) is 22.6 Å². The molecule has 0 spiro atoms. The molecule has 0 bridgehead atoms. The van der Waals surface area contributed by atoms with Crippen LogP contribution >= 0.6 is 0 Å². The Balaban J connectivity index is 1.94. The van der Waals surface area contributed by atoms with Gasteiger partial charge in [0.15, 0.2) is 5.76 Å². The molecule has 0 unspecified atom stereocenters. The fourth-order valence-corrected chi connectivity index (χ4v) is 2.73. The number of fused-ring (bicyclic) bond motifs is 1. The quantitative estimate of drug-likeness (QED) is 0.552. The number of pyridine rings is 1. The summed E-state index contributed by atoms with van der Waals surface area (Å²) in [5.74, 6) is 0.285. The molecule has 4 aromatic rings. The van der Waals surface area contributed by atoms with Gasteiger partial charge in [0.2, 0.25) is 0 Å². The van der Waals surface area contributed by atoms with Crippen molar-refractivity contribution in [2.45, 2.75) is 0 Å². The summed E-state index contributed by atoms with van der Waals surface area (Å²) < 4.78 is 10.8. The topological polar surface area (TPSA) is 81.2 Å². The second-order valence-electron chi connectivity index (χ2n) is 5.61. The molecule has 0 saturated heterocycles. The third kappa shape index (κ3) is 2.77. The minimum Gasteiger partial charge on any atom is -0.463 e. The lowest BCUT2D eigenvalue weighted by atomic mass is 10.0. The number of benzene rings is 1. The van der Waals surface area contributed by atoms with Crippen LogP contribution in [-0.2, 0) is 0 Å². The minimum absolute atomic E-state index is 0.259. The number of rotatable bonds is 5. The van der Waals surface area contributed by atoms with E-state index < -0.39 is 0 Å². The summed E-state index contributed by atoms with van der Waals surface area (Å²) in [6.07, 6.45) is 3.17. The first-order chi connectivity index (χ1) is 12.8. The first kappa shape index (κ1) is 15.8. The van der Waals surface area contributed by atoms with Crippen molar-refractivity contribution < 1.29 is 13.7 Å². The van der Waals surface area contributed by atoms with Crippen LogP contribution in [0.15, 0.2) is 76.4 Å². The van der Waals surface area contributed by atoms with Crippen LogP contribution in [0.1, 0.15) is 10.4 Å². The minimum atomic E-state index is -0.259. The van der Waals surface area contributed by atoms with Crippen LogP contribution in [0.4, 0.5) is 0 Å². The van der Waals surface area contributed by atoms with E-state index in [1.165, 1.54) is 0 Å². The predicted octanol–water partition coefficient (Wildman–Crippen LogP) is 4.07. The van der Waals surface area contributed by atoms with E-state index in [-0.39, 0.29) is 11.6 Å². The molecule has 0 aliphatic carbocycles. The van der Waals surface area contributed by atoms with Crippen molar-refractivity contribution in [2.75, 3.05) is 6.54 Å². The molecule has 4 rings (SSSR count). The maximum Gasteiger partial charge on any atom is 0.259 e. The van der Waals surface area contributed by atoms with Crippen molar-refractivity contribution in [1.82, 2.24) is 15.5 Å². The summed E-state index contributed by atoms with van der Waals surface area (Å²) in [5.41, 5.74) is 2.62. The van der Waals surface area contributed by atoms with Gasteiger partial charge in [0.05, 0.1) is 17.2 Å². The zero-order chi connectivity index (χ0) is 17.9. The van der Waals surface area contributed by atoms with E-state index in [4.69, 9.17) is 8.94 Å². The zero-order valence-corrected chi connectivity index (χ0v) is 13.8. The summed E-state index contributed by atoms with van der Waals surface area (Å²) in [6.45, 7) is 3.98. The lowest BCUT2D eigenvalue weighted by molar-refractivity contribution is 0.0959. The molecule has 0 aliphatic rings. The Bertz CT molecular complexity index is 1070. The largest absolute Gasteiger partial charge is 0.463 e. The van der Waals surface area contributed by atoms with Gasteiger partial charge in [0, 0.05) is 12.1 Å². The van der Waals surface area contributed by atoms with Gasteiger partial charge >= 0.3 is 0 Å². The van der Waals surface area contributed by atoms with Crippen LogP contribution < -0.4 is 5.32 Å². The molecule has 0 fully saturated rings. The molecule has 0 radical (unpaired) electrons. The summed E-state index contributed by atoms with van der Waals surface area (Å²) in [7, 11) is 0. The number of aromatic nitrogens is 2. The maximum absolute atomic E-state index is 12.7. The highest BCUT2D eigenvalue weighted by Gasteiger charge is 2.22. The van der Waals surface area contributed by atoms with Gasteiger partial charge in [0.1, 0.15) is 11.4 Å². The number of amides is 1. The van der Waals surface area contributed by atoms with Crippen LogP contribution in [0.3, 0.4) is 0 Å². The highest BCUT2D eigenvalue weighted by molar-refractivity contribution is 6.10. The molecule has 6 heteroatoms. The van der Waals surface area contributed by atoms with Gasteiger partial charge in [-0.1, -0.05) is 41.6 Å². The fraction of sp³-hybridized carbons (Fsp3) is 0.0500. The van der Waals surface area contributed by atoms with Crippen LogP contribution in [0.25, 0.3) is 33.8 Å². The van der Waals surface area contributed by atoms with Gasteiger partial charge in [-0.3, -0.25) is 4.79 Å². The number of furan rings is 1. The third-order valence-electron chi connectivity index (χ3n) is 3.92. The molecule has 128 valence electrons. The number of hydrogen-bond donors (Lipinski definition) is 1. The molecule has 6 nitrogen and oxygen atoms in total. The number of carbonyl (C=O) groups is 1. The van der Waals surface area contributed by atoms with E-state index in [0.717, 1.165) is 5.56 Å². The van der Waals surface area contributed by atoms with E-state index >= 15 is 0 Å².